The molecule has 0 saturated carbocycles. The second-order valence-corrected chi connectivity index (χ2v) is 4.86. The molecule has 1 fully saturated rings. The van der Waals surface area contributed by atoms with Crippen LogP contribution in [0.25, 0.3) is 0 Å². The number of nitrogens with zero attached hydrogens (tertiary/aromatic N) is 3. The lowest BCUT2D eigenvalue weighted by atomic mass is 10.3. The summed E-state index contributed by atoms with van der Waals surface area (Å²) in [4.78, 5) is 6.82. The molecule has 0 spiro atoms. The van der Waals surface area contributed by atoms with Gasteiger partial charge in [0.15, 0.2) is 0 Å². The van der Waals surface area contributed by atoms with Crippen LogP contribution in [0.5, 0.6) is 0 Å². The summed E-state index contributed by atoms with van der Waals surface area (Å²) in [6.07, 6.45) is 2.05. The van der Waals surface area contributed by atoms with E-state index in [9.17, 15) is 0 Å². The molecule has 1 aliphatic heterocycles. The van der Waals surface area contributed by atoms with Crippen LogP contribution in [0.2, 0.25) is 0 Å². The first-order valence-corrected chi connectivity index (χ1v) is 7.02. The molecule has 1 aromatic heterocycles. The molecule has 2 rings (SSSR count). The van der Waals surface area contributed by atoms with Gasteiger partial charge in [-0.25, -0.2) is 4.98 Å². The van der Waals surface area contributed by atoms with Crippen LogP contribution in [0.1, 0.15) is 19.2 Å². The minimum atomic E-state index is 0.879. The minimum absolute atomic E-state index is 0.879. The third-order valence-corrected chi connectivity index (χ3v) is 3.53. The fourth-order valence-corrected chi connectivity index (χ4v) is 2.47. The van der Waals surface area contributed by atoms with Crippen molar-refractivity contribution >= 4 is 16.7 Å². The van der Waals surface area contributed by atoms with E-state index in [1.54, 1.807) is 0 Å². The van der Waals surface area contributed by atoms with Gasteiger partial charge in [-0.3, -0.25) is 4.90 Å². The lowest BCUT2D eigenvalue weighted by molar-refractivity contribution is 0.0378. The van der Waals surface area contributed by atoms with Gasteiger partial charge in [0.1, 0.15) is 5.82 Å². The molecule has 0 unspecified atom stereocenters. The molecule has 96 valence electrons. The largest absolute Gasteiger partial charge is 0.379 e. The molecule has 0 aromatic carbocycles. The first-order chi connectivity index (χ1) is 8.38. The van der Waals surface area contributed by atoms with Gasteiger partial charge < -0.3 is 10.1 Å². The van der Waals surface area contributed by atoms with Gasteiger partial charge >= 0.3 is 0 Å². The number of nitrogens with one attached hydrogen (secondary N) is 1. The number of hydrogen-bond acceptors (Lipinski definition) is 6. The molecule has 0 aliphatic carbocycles. The smallest absolute Gasteiger partial charge is 0.202 e. The van der Waals surface area contributed by atoms with Crippen LogP contribution < -0.4 is 5.32 Å². The Hall–Kier alpha value is -0.720. The monoisotopic (exact) mass is 256 g/mol. The van der Waals surface area contributed by atoms with E-state index in [2.05, 4.69) is 26.5 Å². The molecule has 1 aliphatic rings. The van der Waals surface area contributed by atoms with Crippen molar-refractivity contribution in [3.63, 3.8) is 0 Å². The lowest BCUT2D eigenvalue weighted by Gasteiger charge is -2.26. The van der Waals surface area contributed by atoms with E-state index in [0.717, 1.165) is 63.2 Å². The first kappa shape index (κ1) is 12.7. The summed E-state index contributed by atoms with van der Waals surface area (Å²) in [7, 11) is 0. The van der Waals surface area contributed by atoms with E-state index >= 15 is 0 Å². The van der Waals surface area contributed by atoms with Gasteiger partial charge in [-0.2, -0.15) is 4.37 Å². The molecule has 1 aromatic rings. The van der Waals surface area contributed by atoms with Crippen molar-refractivity contribution in [2.24, 2.45) is 0 Å². The van der Waals surface area contributed by atoms with Gasteiger partial charge in [-0.1, -0.05) is 6.92 Å². The van der Waals surface area contributed by atoms with Crippen molar-refractivity contribution < 1.29 is 4.74 Å². The zero-order valence-electron chi connectivity index (χ0n) is 10.3. The van der Waals surface area contributed by atoms with Crippen molar-refractivity contribution in [2.45, 2.75) is 19.8 Å². The Bertz CT molecular complexity index is 325. The fourth-order valence-electron chi connectivity index (χ4n) is 1.79. The molecule has 0 bridgehead atoms. The SMILES string of the molecule is CCc1nsc(NCCCN2CCOCC2)n1. The Morgan fingerprint density at radius 1 is 1.41 bits per heavy atom. The molecule has 0 atom stereocenters. The molecule has 6 heteroatoms. The summed E-state index contributed by atoms with van der Waals surface area (Å²) < 4.78 is 9.56. The lowest BCUT2D eigenvalue weighted by Crippen LogP contribution is -2.37. The molecule has 0 amide bonds. The highest BCUT2D eigenvalue weighted by Crippen LogP contribution is 2.11. The van der Waals surface area contributed by atoms with E-state index in [4.69, 9.17) is 4.74 Å². The van der Waals surface area contributed by atoms with Crippen LogP contribution in [-0.4, -0.2) is 53.7 Å². The Labute approximate surface area is 106 Å². The Kier molecular flexibility index (Phi) is 5.15. The van der Waals surface area contributed by atoms with E-state index < -0.39 is 0 Å². The Morgan fingerprint density at radius 2 is 2.24 bits per heavy atom. The Morgan fingerprint density at radius 3 is 2.94 bits per heavy atom. The molecule has 5 nitrogen and oxygen atoms in total. The summed E-state index contributed by atoms with van der Waals surface area (Å²) >= 11 is 1.45. The summed E-state index contributed by atoms with van der Waals surface area (Å²) in [5.74, 6) is 0.936. The van der Waals surface area contributed by atoms with E-state index in [1.165, 1.54) is 11.5 Å². The fraction of sp³-hybridized carbons (Fsp3) is 0.818. The van der Waals surface area contributed by atoms with Crippen molar-refractivity contribution in [1.29, 1.82) is 0 Å². The summed E-state index contributed by atoms with van der Waals surface area (Å²) in [6.45, 7) is 8.07. The van der Waals surface area contributed by atoms with Crippen LogP contribution in [0, 0.1) is 0 Å². The predicted octanol–water partition coefficient (Wildman–Crippen LogP) is 1.23. The summed E-state index contributed by atoms with van der Waals surface area (Å²) in [5.41, 5.74) is 0. The summed E-state index contributed by atoms with van der Waals surface area (Å²) in [6, 6.07) is 0. The highest BCUT2D eigenvalue weighted by atomic mass is 32.1. The third kappa shape index (κ3) is 4.22. The van der Waals surface area contributed by atoms with Crippen LogP contribution in [0.4, 0.5) is 5.13 Å². The normalized spacial score (nSPS) is 17.2. The molecule has 17 heavy (non-hydrogen) atoms. The van der Waals surface area contributed by atoms with Crippen molar-refractivity contribution in [2.75, 3.05) is 44.7 Å². The number of rotatable bonds is 6. The van der Waals surface area contributed by atoms with Gasteiger partial charge in [0, 0.05) is 37.6 Å². The zero-order chi connectivity index (χ0) is 11.9. The van der Waals surface area contributed by atoms with Gasteiger partial charge in [0.05, 0.1) is 13.2 Å². The van der Waals surface area contributed by atoms with Crippen LogP contribution in [-0.2, 0) is 11.2 Å². The van der Waals surface area contributed by atoms with Gasteiger partial charge in [0.2, 0.25) is 5.13 Å². The van der Waals surface area contributed by atoms with E-state index in [1.807, 2.05) is 0 Å². The number of morpholine rings is 1. The number of aryl methyl sites for hydroxylation is 1. The highest BCUT2D eigenvalue weighted by Gasteiger charge is 2.09. The second-order valence-electron chi connectivity index (χ2n) is 4.10. The van der Waals surface area contributed by atoms with Gasteiger partial charge in [-0.15, -0.1) is 0 Å². The standard InChI is InChI=1S/C11H20N4OS/c1-2-10-13-11(17-14-10)12-4-3-5-15-6-8-16-9-7-15/h2-9H2,1H3,(H,12,13,14). The van der Waals surface area contributed by atoms with Gasteiger partial charge in [0.25, 0.3) is 0 Å². The molecule has 1 N–H and O–H groups in total. The quantitative estimate of drug-likeness (QED) is 0.776. The topological polar surface area (TPSA) is 50.3 Å². The number of ether oxygens (including phenoxy) is 1. The maximum Gasteiger partial charge on any atom is 0.202 e. The first-order valence-electron chi connectivity index (χ1n) is 6.25. The number of hydrogen-bond donors (Lipinski definition) is 1. The average molecular weight is 256 g/mol. The van der Waals surface area contributed by atoms with Crippen LogP contribution in [0.15, 0.2) is 0 Å². The maximum absolute atomic E-state index is 5.32. The third-order valence-electron chi connectivity index (χ3n) is 2.82. The zero-order valence-corrected chi connectivity index (χ0v) is 11.1. The van der Waals surface area contributed by atoms with Crippen LogP contribution in [0.3, 0.4) is 0 Å². The van der Waals surface area contributed by atoms with E-state index in [0.29, 0.717) is 0 Å². The number of anilines is 1. The van der Waals surface area contributed by atoms with Crippen molar-refractivity contribution in [3.8, 4) is 0 Å². The predicted molar refractivity (Wildman–Crippen MR) is 69.7 cm³/mol. The highest BCUT2D eigenvalue weighted by molar-refractivity contribution is 7.09. The van der Waals surface area contributed by atoms with Crippen molar-refractivity contribution in [3.05, 3.63) is 5.82 Å². The molecule has 2 heterocycles. The van der Waals surface area contributed by atoms with Crippen LogP contribution >= 0.6 is 11.5 Å². The number of aromatic nitrogens is 2. The van der Waals surface area contributed by atoms with E-state index in [-0.39, 0.29) is 0 Å². The Balaban J connectivity index is 1.59. The molecular weight excluding hydrogens is 236 g/mol. The van der Waals surface area contributed by atoms with Gasteiger partial charge in [-0.05, 0) is 13.0 Å². The summed E-state index contributed by atoms with van der Waals surface area (Å²) in [5, 5.41) is 4.27. The minimum Gasteiger partial charge on any atom is -0.379 e. The van der Waals surface area contributed by atoms with Crippen molar-refractivity contribution in [1.82, 2.24) is 14.3 Å². The maximum atomic E-state index is 5.32. The second kappa shape index (κ2) is 6.88. The average Bonchev–Trinajstić information content (AvgIpc) is 2.84. The molecular formula is C11H20N4OS. The molecule has 0 radical (unpaired) electrons. The molecule has 1 saturated heterocycles.